The van der Waals surface area contributed by atoms with Crippen LogP contribution in [0.5, 0.6) is 11.5 Å². The lowest BCUT2D eigenvalue weighted by molar-refractivity contribution is 0.0463. The maximum atomic E-state index is 12.7. The number of aryl methyl sites for hydroxylation is 2. The number of methoxy groups -OCH3 is 2. The van der Waals surface area contributed by atoms with E-state index >= 15 is 0 Å². The van der Waals surface area contributed by atoms with Crippen LogP contribution in [0, 0.1) is 13.8 Å². The molecule has 0 aliphatic carbocycles. The van der Waals surface area contributed by atoms with E-state index in [1.807, 2.05) is 32.0 Å². The topological polar surface area (TPSA) is 67.1 Å². The fourth-order valence-corrected chi connectivity index (χ4v) is 2.94. The lowest BCUT2D eigenvalue weighted by atomic mass is 9.98. The minimum Gasteiger partial charge on any atom is -0.467 e. The monoisotopic (exact) mass is 370 g/mol. The number of hydrogen-bond donors (Lipinski definition) is 0. The Morgan fingerprint density at radius 1 is 0.926 bits per heavy atom. The van der Waals surface area contributed by atoms with Gasteiger partial charge in [-0.15, -0.1) is 0 Å². The molecule has 0 amide bonds. The summed E-state index contributed by atoms with van der Waals surface area (Å²) in [7, 11) is 3.07. The van der Waals surface area contributed by atoms with Gasteiger partial charge in [0.25, 0.3) is 0 Å². The molecule has 0 saturated heterocycles. The number of ether oxygens (including phenoxy) is 4. The predicted octanol–water partition coefficient (Wildman–Crippen LogP) is 4.04. The molecule has 0 fully saturated rings. The van der Waals surface area contributed by atoms with Crippen molar-refractivity contribution in [3.05, 3.63) is 57.9 Å². The van der Waals surface area contributed by atoms with E-state index < -0.39 is 5.63 Å². The molecule has 142 valence electrons. The quantitative estimate of drug-likeness (QED) is 0.462. The predicted molar refractivity (Wildman–Crippen MR) is 102 cm³/mol. The zero-order chi connectivity index (χ0) is 19.4. The molecule has 3 aromatic rings. The van der Waals surface area contributed by atoms with Gasteiger partial charge in [-0.05, 0) is 43.2 Å². The molecule has 3 rings (SSSR count). The lowest BCUT2D eigenvalue weighted by Crippen LogP contribution is -2.09. The van der Waals surface area contributed by atoms with Gasteiger partial charge in [-0.3, -0.25) is 0 Å². The van der Waals surface area contributed by atoms with Crippen LogP contribution >= 0.6 is 0 Å². The summed E-state index contributed by atoms with van der Waals surface area (Å²) in [6.07, 6.45) is 0. The maximum Gasteiger partial charge on any atom is 0.344 e. The van der Waals surface area contributed by atoms with Crippen LogP contribution in [0.4, 0.5) is 0 Å². The number of fused-ring (bicyclic) bond motifs is 1. The van der Waals surface area contributed by atoms with Crippen LogP contribution in [-0.4, -0.2) is 27.8 Å². The molecule has 0 aliphatic heterocycles. The highest BCUT2D eigenvalue weighted by atomic mass is 16.7. The first-order chi connectivity index (χ1) is 13.0. The SMILES string of the molecule is COCOc1ccc(-c2c(C)c3ccc(C)cc3oc2=O)c(OCOC)c1. The van der Waals surface area contributed by atoms with Gasteiger partial charge in [-0.25, -0.2) is 4.79 Å². The molecule has 6 nitrogen and oxygen atoms in total. The van der Waals surface area contributed by atoms with Crippen molar-refractivity contribution in [2.45, 2.75) is 13.8 Å². The molecule has 6 heteroatoms. The van der Waals surface area contributed by atoms with Crippen LogP contribution in [0.2, 0.25) is 0 Å². The molecule has 1 aromatic heterocycles. The van der Waals surface area contributed by atoms with Crippen molar-refractivity contribution in [2.75, 3.05) is 27.8 Å². The van der Waals surface area contributed by atoms with E-state index in [2.05, 4.69) is 0 Å². The summed E-state index contributed by atoms with van der Waals surface area (Å²) in [5.41, 5.74) is 3.08. The number of benzene rings is 2. The summed E-state index contributed by atoms with van der Waals surface area (Å²) in [6.45, 7) is 4.01. The molecule has 0 N–H and O–H groups in total. The second-order valence-corrected chi connectivity index (χ2v) is 6.15. The number of rotatable bonds is 7. The summed E-state index contributed by atoms with van der Waals surface area (Å²) in [6, 6.07) is 11.0. The Morgan fingerprint density at radius 2 is 1.67 bits per heavy atom. The molecule has 0 atom stereocenters. The minimum atomic E-state index is -0.418. The standard InChI is InChI=1S/C21H22O6/c1-13-5-7-16-14(2)20(21(22)27-19(16)9-13)17-8-6-15(25-11-23-3)10-18(17)26-12-24-4/h5-10H,11-12H2,1-4H3. The maximum absolute atomic E-state index is 12.7. The first-order valence-corrected chi connectivity index (χ1v) is 8.47. The van der Waals surface area contributed by atoms with E-state index in [9.17, 15) is 4.79 Å². The van der Waals surface area contributed by atoms with Gasteiger partial charge in [0, 0.05) is 31.2 Å². The summed E-state index contributed by atoms with van der Waals surface area (Å²) < 4.78 is 26.7. The van der Waals surface area contributed by atoms with Crippen LogP contribution in [0.25, 0.3) is 22.1 Å². The Morgan fingerprint density at radius 3 is 2.41 bits per heavy atom. The van der Waals surface area contributed by atoms with Crippen molar-refractivity contribution >= 4 is 11.0 Å². The molecule has 27 heavy (non-hydrogen) atoms. The van der Waals surface area contributed by atoms with Crippen molar-refractivity contribution < 1.29 is 23.4 Å². The Balaban J connectivity index is 2.17. The first-order valence-electron chi connectivity index (χ1n) is 8.47. The van der Waals surface area contributed by atoms with Gasteiger partial charge < -0.3 is 23.4 Å². The van der Waals surface area contributed by atoms with Crippen LogP contribution in [-0.2, 0) is 9.47 Å². The zero-order valence-corrected chi connectivity index (χ0v) is 15.8. The Kier molecular flexibility index (Phi) is 5.78. The van der Waals surface area contributed by atoms with E-state index in [1.54, 1.807) is 25.3 Å². The first kappa shape index (κ1) is 18.9. The molecule has 0 saturated carbocycles. The normalized spacial score (nSPS) is 11.0. The van der Waals surface area contributed by atoms with Gasteiger partial charge in [-0.1, -0.05) is 12.1 Å². The third-order valence-electron chi connectivity index (χ3n) is 4.22. The largest absolute Gasteiger partial charge is 0.467 e. The van der Waals surface area contributed by atoms with Gasteiger partial charge >= 0.3 is 5.63 Å². The molecular weight excluding hydrogens is 348 g/mol. The molecule has 1 heterocycles. The van der Waals surface area contributed by atoms with Gasteiger partial charge in [0.05, 0.1) is 5.56 Å². The van der Waals surface area contributed by atoms with E-state index in [0.717, 1.165) is 16.5 Å². The molecule has 0 radical (unpaired) electrons. The highest BCUT2D eigenvalue weighted by molar-refractivity contribution is 5.88. The van der Waals surface area contributed by atoms with Gasteiger partial charge in [-0.2, -0.15) is 0 Å². The van der Waals surface area contributed by atoms with Crippen LogP contribution in [0.3, 0.4) is 0 Å². The molecule has 2 aromatic carbocycles. The Bertz CT molecular complexity index is 1010. The van der Waals surface area contributed by atoms with Gasteiger partial charge in [0.15, 0.2) is 13.6 Å². The van der Waals surface area contributed by atoms with Crippen molar-refractivity contribution in [1.29, 1.82) is 0 Å². The minimum absolute atomic E-state index is 0.0396. The fourth-order valence-electron chi connectivity index (χ4n) is 2.94. The van der Waals surface area contributed by atoms with Crippen molar-refractivity contribution in [3.8, 4) is 22.6 Å². The Labute approximate surface area is 157 Å². The van der Waals surface area contributed by atoms with Crippen molar-refractivity contribution in [1.82, 2.24) is 0 Å². The van der Waals surface area contributed by atoms with E-state index in [0.29, 0.717) is 28.2 Å². The van der Waals surface area contributed by atoms with Gasteiger partial charge in [0.2, 0.25) is 0 Å². The third kappa shape index (κ3) is 3.97. The van der Waals surface area contributed by atoms with E-state index in [-0.39, 0.29) is 13.6 Å². The molecular formula is C21H22O6. The van der Waals surface area contributed by atoms with E-state index in [1.165, 1.54) is 7.11 Å². The molecule has 0 bridgehead atoms. The third-order valence-corrected chi connectivity index (χ3v) is 4.22. The number of hydrogen-bond acceptors (Lipinski definition) is 6. The Hall–Kier alpha value is -2.83. The van der Waals surface area contributed by atoms with Crippen LogP contribution in [0.15, 0.2) is 45.6 Å². The summed E-state index contributed by atoms with van der Waals surface area (Å²) in [5.74, 6) is 1.03. The van der Waals surface area contributed by atoms with Crippen LogP contribution < -0.4 is 15.1 Å². The second kappa shape index (κ2) is 8.24. The highest BCUT2D eigenvalue weighted by Gasteiger charge is 2.18. The average molecular weight is 370 g/mol. The smallest absolute Gasteiger partial charge is 0.344 e. The summed E-state index contributed by atoms with van der Waals surface area (Å²) >= 11 is 0. The molecule has 0 aliphatic rings. The molecule has 0 spiro atoms. The lowest BCUT2D eigenvalue weighted by Gasteiger charge is -2.15. The summed E-state index contributed by atoms with van der Waals surface area (Å²) in [4.78, 5) is 12.7. The zero-order valence-electron chi connectivity index (χ0n) is 15.8. The van der Waals surface area contributed by atoms with E-state index in [4.69, 9.17) is 23.4 Å². The average Bonchev–Trinajstić information content (AvgIpc) is 2.65. The van der Waals surface area contributed by atoms with Crippen molar-refractivity contribution in [2.24, 2.45) is 0 Å². The van der Waals surface area contributed by atoms with Crippen LogP contribution in [0.1, 0.15) is 11.1 Å². The summed E-state index contributed by atoms with van der Waals surface area (Å²) in [5, 5.41) is 0.882. The second-order valence-electron chi connectivity index (χ2n) is 6.15. The highest BCUT2D eigenvalue weighted by Crippen LogP contribution is 2.35. The van der Waals surface area contributed by atoms with Gasteiger partial charge in [0.1, 0.15) is 17.1 Å². The molecule has 0 unspecified atom stereocenters. The fraction of sp³-hybridized carbons (Fsp3) is 0.286. The van der Waals surface area contributed by atoms with Crippen molar-refractivity contribution in [3.63, 3.8) is 0 Å².